The molecule has 0 aromatic carbocycles. The van der Waals surface area contributed by atoms with E-state index in [4.69, 9.17) is 9.47 Å². The Morgan fingerprint density at radius 3 is 1.47 bits per heavy atom. The molecule has 262 valence electrons. The Hall–Kier alpha value is -2.51. The van der Waals surface area contributed by atoms with Gasteiger partial charge in [-0.15, -0.1) is 13.2 Å². The van der Waals surface area contributed by atoms with Crippen molar-refractivity contribution in [1.29, 1.82) is 0 Å². The molecule has 3 amide bonds. The fraction of sp³-hybridized carbons (Fsp3) is 0.811. The van der Waals surface area contributed by atoms with E-state index in [1.807, 2.05) is 32.9 Å². The third kappa shape index (κ3) is 28.7. The summed E-state index contributed by atoms with van der Waals surface area (Å²) in [6, 6.07) is -0.630. The lowest BCUT2D eigenvalue weighted by atomic mass is 9.99. The molecule has 0 fully saturated rings. The van der Waals surface area contributed by atoms with Crippen LogP contribution in [0.2, 0.25) is 0 Å². The molecule has 45 heavy (non-hydrogen) atoms. The highest BCUT2D eigenvalue weighted by Gasteiger charge is 2.26. The van der Waals surface area contributed by atoms with Crippen LogP contribution in [-0.4, -0.2) is 47.9 Å². The summed E-state index contributed by atoms with van der Waals surface area (Å²) in [5.74, 6) is -0.167. The smallest absolute Gasteiger partial charge is 0.408 e. The van der Waals surface area contributed by atoms with Crippen molar-refractivity contribution in [2.45, 2.75) is 187 Å². The van der Waals surface area contributed by atoms with Gasteiger partial charge in [0.25, 0.3) is 0 Å². The molecule has 0 saturated heterocycles. The Bertz CT molecular complexity index is 792. The second-order valence-electron chi connectivity index (χ2n) is 14.3. The lowest BCUT2D eigenvalue weighted by molar-refractivity contribution is -0.124. The Balaban J connectivity index is 5.10. The molecule has 0 aliphatic heterocycles. The number of hydrogen-bond acceptors (Lipinski definition) is 5. The number of alkyl carbamates (subject to hydrolysis) is 2. The maximum Gasteiger partial charge on any atom is 0.408 e. The van der Waals surface area contributed by atoms with Gasteiger partial charge in [-0.05, 0) is 99.3 Å². The fourth-order valence-corrected chi connectivity index (χ4v) is 5.06. The lowest BCUT2D eigenvalue weighted by Crippen LogP contribution is -2.50. The zero-order valence-electron chi connectivity index (χ0n) is 29.9. The molecule has 0 unspecified atom stereocenters. The van der Waals surface area contributed by atoms with Crippen molar-refractivity contribution in [3.63, 3.8) is 0 Å². The number of rotatable bonds is 26. The Morgan fingerprint density at radius 1 is 0.578 bits per heavy atom. The molecule has 1 atom stereocenters. The number of nitrogens with one attached hydrogen (secondary N) is 3. The minimum Gasteiger partial charge on any atom is -0.444 e. The first-order chi connectivity index (χ1) is 21.3. The summed E-state index contributed by atoms with van der Waals surface area (Å²) < 4.78 is 10.8. The van der Waals surface area contributed by atoms with Crippen LogP contribution in [0.5, 0.6) is 0 Å². The predicted molar refractivity (Wildman–Crippen MR) is 187 cm³/mol. The van der Waals surface area contributed by atoms with Gasteiger partial charge in [-0.1, -0.05) is 76.4 Å². The zero-order chi connectivity index (χ0) is 34.0. The minimum atomic E-state index is -0.710. The molecule has 0 radical (unpaired) electrons. The number of allylic oxidation sites excluding steroid dienone is 2. The molecule has 3 N–H and O–H groups in total. The van der Waals surface area contributed by atoms with Crippen LogP contribution in [0.1, 0.15) is 164 Å². The predicted octanol–water partition coefficient (Wildman–Crippen LogP) is 9.67. The van der Waals surface area contributed by atoms with Gasteiger partial charge in [-0.2, -0.15) is 0 Å². The van der Waals surface area contributed by atoms with Crippen LogP contribution in [0.4, 0.5) is 9.59 Å². The van der Waals surface area contributed by atoms with Gasteiger partial charge >= 0.3 is 12.2 Å². The summed E-state index contributed by atoms with van der Waals surface area (Å²) in [5, 5.41) is 8.86. The van der Waals surface area contributed by atoms with Crippen molar-refractivity contribution in [3.8, 4) is 0 Å². The van der Waals surface area contributed by atoms with Crippen LogP contribution in [0.3, 0.4) is 0 Å². The first-order valence-electron chi connectivity index (χ1n) is 17.8. The molecule has 0 spiro atoms. The number of carbonyl (C=O) groups is 3. The zero-order valence-corrected chi connectivity index (χ0v) is 29.9. The molecule has 8 heteroatoms. The highest BCUT2D eigenvalue weighted by atomic mass is 16.6. The van der Waals surface area contributed by atoms with Crippen molar-refractivity contribution in [2.24, 2.45) is 0 Å². The van der Waals surface area contributed by atoms with Gasteiger partial charge in [0, 0.05) is 12.6 Å². The van der Waals surface area contributed by atoms with Crippen molar-refractivity contribution in [2.75, 3.05) is 6.54 Å². The van der Waals surface area contributed by atoms with Crippen molar-refractivity contribution < 1.29 is 23.9 Å². The molecule has 0 aliphatic carbocycles. The van der Waals surface area contributed by atoms with E-state index < -0.39 is 29.4 Å². The molecule has 0 aliphatic rings. The van der Waals surface area contributed by atoms with E-state index in [0.29, 0.717) is 25.8 Å². The van der Waals surface area contributed by atoms with E-state index in [0.717, 1.165) is 51.4 Å². The van der Waals surface area contributed by atoms with Crippen LogP contribution >= 0.6 is 0 Å². The third-order valence-corrected chi connectivity index (χ3v) is 7.36. The average Bonchev–Trinajstić information content (AvgIpc) is 2.92. The summed E-state index contributed by atoms with van der Waals surface area (Å²) in [7, 11) is 0. The minimum absolute atomic E-state index is 0.0794. The number of unbranched alkanes of at least 4 members (excludes halogenated alkanes) is 13. The van der Waals surface area contributed by atoms with Crippen molar-refractivity contribution >= 4 is 18.1 Å². The molecule has 0 heterocycles. The first kappa shape index (κ1) is 42.5. The summed E-state index contributed by atoms with van der Waals surface area (Å²) in [6.07, 6.45) is 23.0. The van der Waals surface area contributed by atoms with Crippen LogP contribution in [0.25, 0.3) is 0 Å². The quantitative estimate of drug-likeness (QED) is 0.0648. The standard InChI is InChI=1S/C37H69N3O5/c1-9-11-13-15-17-19-21-23-27-31(28-24-22-20-18-16-14-12-10-2)39-33(41)32(40-35(43)45-37(6,7)8)29-25-26-30-38-34(42)44-36(3,4)5/h9-10,31-32H,1-2,11-30H2,3-8H3,(H,38,42)(H,39,41)(H,40,43)/t32-/m0/s1. The number of hydrogen-bond donors (Lipinski definition) is 3. The van der Waals surface area contributed by atoms with E-state index >= 15 is 0 Å². The molecule has 8 nitrogen and oxygen atoms in total. The van der Waals surface area contributed by atoms with Crippen LogP contribution in [0.15, 0.2) is 25.3 Å². The molecule has 0 bridgehead atoms. The number of amides is 3. The molecule has 0 saturated carbocycles. The van der Waals surface area contributed by atoms with Crippen LogP contribution < -0.4 is 16.0 Å². The largest absolute Gasteiger partial charge is 0.444 e. The van der Waals surface area contributed by atoms with Crippen LogP contribution in [0, 0.1) is 0 Å². The van der Waals surface area contributed by atoms with Gasteiger partial charge in [-0.25, -0.2) is 9.59 Å². The van der Waals surface area contributed by atoms with Gasteiger partial charge in [0.15, 0.2) is 0 Å². The maximum absolute atomic E-state index is 13.6. The highest BCUT2D eigenvalue weighted by Crippen LogP contribution is 2.16. The molecule has 0 rings (SSSR count). The second kappa shape index (κ2) is 25.7. The van der Waals surface area contributed by atoms with E-state index in [9.17, 15) is 14.4 Å². The Kier molecular flexibility index (Phi) is 24.2. The normalized spacial score (nSPS) is 12.3. The Labute approximate surface area is 276 Å². The van der Waals surface area contributed by atoms with E-state index in [-0.39, 0.29) is 11.9 Å². The van der Waals surface area contributed by atoms with E-state index in [1.165, 1.54) is 51.4 Å². The molecular weight excluding hydrogens is 566 g/mol. The van der Waals surface area contributed by atoms with E-state index in [1.54, 1.807) is 20.8 Å². The molecule has 0 aromatic rings. The number of carbonyl (C=O) groups excluding carboxylic acids is 3. The van der Waals surface area contributed by atoms with Crippen molar-refractivity contribution in [1.82, 2.24) is 16.0 Å². The topological polar surface area (TPSA) is 106 Å². The van der Waals surface area contributed by atoms with E-state index in [2.05, 4.69) is 29.1 Å². The molecule has 0 aromatic heterocycles. The monoisotopic (exact) mass is 636 g/mol. The maximum atomic E-state index is 13.6. The first-order valence-corrected chi connectivity index (χ1v) is 17.8. The summed E-state index contributed by atoms with van der Waals surface area (Å²) in [4.78, 5) is 38.2. The fourth-order valence-electron chi connectivity index (χ4n) is 5.06. The highest BCUT2D eigenvalue weighted by molar-refractivity contribution is 5.85. The van der Waals surface area contributed by atoms with Gasteiger partial charge in [-0.3, -0.25) is 4.79 Å². The van der Waals surface area contributed by atoms with Gasteiger partial charge in [0.1, 0.15) is 17.2 Å². The summed E-state index contributed by atoms with van der Waals surface area (Å²) in [5.41, 5.74) is -1.22. The lowest BCUT2D eigenvalue weighted by Gasteiger charge is -2.26. The van der Waals surface area contributed by atoms with Gasteiger partial charge in [0.2, 0.25) is 5.91 Å². The van der Waals surface area contributed by atoms with Gasteiger partial charge < -0.3 is 25.4 Å². The van der Waals surface area contributed by atoms with Gasteiger partial charge in [0.05, 0.1) is 0 Å². The van der Waals surface area contributed by atoms with Crippen LogP contribution in [-0.2, 0) is 14.3 Å². The average molecular weight is 636 g/mol. The Morgan fingerprint density at radius 2 is 1.00 bits per heavy atom. The molecular formula is C37H69N3O5. The SMILES string of the molecule is C=CCCCCCCCCC(CCCCCCCCC=C)NC(=O)[C@H](CCCCNC(=O)OC(C)(C)C)NC(=O)OC(C)(C)C. The third-order valence-electron chi connectivity index (χ3n) is 7.36. The summed E-state index contributed by atoms with van der Waals surface area (Å²) >= 11 is 0. The second-order valence-corrected chi connectivity index (χ2v) is 14.3. The summed E-state index contributed by atoms with van der Waals surface area (Å²) in [6.45, 7) is 18.9. The van der Waals surface area contributed by atoms with Crippen molar-refractivity contribution in [3.05, 3.63) is 25.3 Å². The number of ether oxygens (including phenoxy) is 2.